The molecule has 0 saturated carbocycles. The topological polar surface area (TPSA) is 14.1 Å². The van der Waals surface area contributed by atoms with Crippen molar-refractivity contribution < 1.29 is 18.9 Å². The molecule has 0 aliphatic carbocycles. The van der Waals surface area contributed by atoms with Crippen molar-refractivity contribution in [3.05, 3.63) is 5.32 Å². The molecule has 0 aliphatic rings. The first kappa shape index (κ1) is 17.0. The smallest absolute Gasteiger partial charge is 0.656 e. The molecular weight excluding hydrogens is 165 g/mol. The summed E-state index contributed by atoms with van der Waals surface area (Å²) in [5.41, 5.74) is 0.533. The number of hydrogen-bond acceptors (Lipinski definition) is 0. The summed E-state index contributed by atoms with van der Waals surface area (Å²) in [4.78, 5) is 0. The van der Waals surface area contributed by atoms with Crippen molar-refractivity contribution >= 4 is 0 Å². The fourth-order valence-corrected chi connectivity index (χ4v) is 2.04. The van der Waals surface area contributed by atoms with E-state index >= 15 is 0 Å². The molecule has 14 heavy (non-hydrogen) atoms. The zero-order valence-electron chi connectivity index (χ0n) is 11.6. The van der Waals surface area contributed by atoms with E-state index in [1.54, 1.807) is 0 Å². The molecule has 2 heteroatoms. The Morgan fingerprint density at radius 2 is 1.07 bits per heavy atom. The Hall–Kier alpha value is 0.557. The summed E-state index contributed by atoms with van der Waals surface area (Å²) in [5.74, 6) is 0. The monoisotopic (exact) mass is 191 g/mol. The summed E-state index contributed by atoms with van der Waals surface area (Å²) >= 11 is 0. The van der Waals surface area contributed by atoms with Crippen molar-refractivity contribution in [3.8, 4) is 0 Å². The van der Waals surface area contributed by atoms with Crippen molar-refractivity contribution in [3.63, 3.8) is 0 Å². The quantitative estimate of drug-likeness (QED) is 0.583. The van der Waals surface area contributed by atoms with Gasteiger partial charge in [-0.3, -0.25) is 0 Å². The predicted octanol–water partition coefficient (Wildman–Crippen LogP) is 1.23. The molecule has 0 unspecified atom stereocenters. The van der Waals surface area contributed by atoms with E-state index in [2.05, 4.69) is 55.4 Å². The van der Waals surface area contributed by atoms with Gasteiger partial charge in [0.2, 0.25) is 0 Å². The Balaban J connectivity index is 0. The Morgan fingerprint density at radius 1 is 0.786 bits per heavy atom. The van der Waals surface area contributed by atoms with Crippen LogP contribution in [-0.4, -0.2) is 12.1 Å². The van der Waals surface area contributed by atoms with Crippen LogP contribution in [0.5, 0.6) is 0 Å². The predicted molar refractivity (Wildman–Crippen MR) is 61.2 cm³/mol. The van der Waals surface area contributed by atoms with Crippen molar-refractivity contribution in [2.75, 3.05) is 0 Å². The maximum absolute atomic E-state index is 4.82. The fourth-order valence-electron chi connectivity index (χ4n) is 2.04. The van der Waals surface area contributed by atoms with E-state index in [1.165, 1.54) is 0 Å². The van der Waals surface area contributed by atoms with Gasteiger partial charge in [0.15, 0.2) is 0 Å². The van der Waals surface area contributed by atoms with Gasteiger partial charge in [-0.2, -0.15) is 0 Å². The second-order valence-corrected chi connectivity index (χ2v) is 6.38. The summed E-state index contributed by atoms with van der Waals surface area (Å²) in [6.45, 7) is 18.0. The van der Waals surface area contributed by atoms with E-state index in [0.29, 0.717) is 12.1 Å². The van der Waals surface area contributed by atoms with Crippen LogP contribution < -0.4 is 18.9 Å². The zero-order valence-corrected chi connectivity index (χ0v) is 11.6. The average molecular weight is 191 g/mol. The molecular formula is C12H26LiN. The molecule has 0 rings (SSSR count). The molecule has 0 aliphatic heterocycles. The summed E-state index contributed by atoms with van der Waals surface area (Å²) in [6, 6.07) is 0.864. The van der Waals surface area contributed by atoms with Gasteiger partial charge in [0.1, 0.15) is 0 Å². The van der Waals surface area contributed by atoms with Crippen LogP contribution in [0.4, 0.5) is 0 Å². The molecule has 0 N–H and O–H groups in total. The third-order valence-electron chi connectivity index (χ3n) is 2.09. The molecule has 1 nitrogen and oxygen atoms in total. The molecule has 0 heterocycles. The SMILES string of the molecule is CC(C)[N-]C(C(C)(C)C)C(C)(C)C.[Li+]. The number of nitrogens with zero attached hydrogens (tertiary/aromatic N) is 1. The van der Waals surface area contributed by atoms with Gasteiger partial charge in [-0.15, -0.1) is 12.1 Å². The van der Waals surface area contributed by atoms with Gasteiger partial charge in [-0.25, -0.2) is 0 Å². The first-order valence-electron chi connectivity index (χ1n) is 5.25. The van der Waals surface area contributed by atoms with Crippen LogP contribution in [0.15, 0.2) is 0 Å². The van der Waals surface area contributed by atoms with Crippen molar-refractivity contribution in [2.45, 2.75) is 67.5 Å². The van der Waals surface area contributed by atoms with E-state index in [4.69, 9.17) is 5.32 Å². The Bertz CT molecular complexity index is 137. The Morgan fingerprint density at radius 3 is 1.14 bits per heavy atom. The van der Waals surface area contributed by atoms with Crippen molar-refractivity contribution in [1.82, 2.24) is 0 Å². The third-order valence-corrected chi connectivity index (χ3v) is 2.09. The van der Waals surface area contributed by atoms with Gasteiger partial charge in [0.25, 0.3) is 0 Å². The summed E-state index contributed by atoms with van der Waals surface area (Å²) in [6.07, 6.45) is 0. The van der Waals surface area contributed by atoms with Crippen LogP contribution in [0.1, 0.15) is 55.4 Å². The minimum Gasteiger partial charge on any atom is -0.656 e. The molecule has 0 fully saturated rings. The first-order chi connectivity index (χ1) is 5.55. The maximum Gasteiger partial charge on any atom is 1.00 e. The second kappa shape index (κ2) is 5.59. The number of hydrogen-bond donors (Lipinski definition) is 0. The summed E-state index contributed by atoms with van der Waals surface area (Å²) in [7, 11) is 0. The third kappa shape index (κ3) is 6.12. The van der Waals surface area contributed by atoms with E-state index in [0.717, 1.165) is 0 Å². The first-order valence-corrected chi connectivity index (χ1v) is 5.25. The van der Waals surface area contributed by atoms with Crippen LogP contribution in [0.3, 0.4) is 0 Å². The zero-order chi connectivity index (χ0) is 10.9. The largest absolute Gasteiger partial charge is 1.00 e. The Labute approximate surface area is 103 Å². The number of rotatable bonds is 2. The molecule has 80 valence electrons. The van der Waals surface area contributed by atoms with Gasteiger partial charge < -0.3 is 5.32 Å². The van der Waals surface area contributed by atoms with Crippen LogP contribution in [0.2, 0.25) is 0 Å². The molecule has 0 atom stereocenters. The molecule has 0 saturated heterocycles. The fraction of sp³-hybridized carbons (Fsp3) is 1.00. The summed E-state index contributed by atoms with van der Waals surface area (Å²) in [5, 5.41) is 4.82. The van der Waals surface area contributed by atoms with Crippen LogP contribution >= 0.6 is 0 Å². The standard InChI is InChI=1S/C12H26N.Li/c1-9(2)13-10(11(3,4)5)12(6,7)8;/h9-10H,1-8H3;/q-1;+1. The van der Waals surface area contributed by atoms with Gasteiger partial charge in [-0.05, 0) is 0 Å². The minimum absolute atomic E-state index is 0. The van der Waals surface area contributed by atoms with E-state index in [9.17, 15) is 0 Å². The van der Waals surface area contributed by atoms with Crippen LogP contribution in [0.25, 0.3) is 5.32 Å². The molecule has 0 amide bonds. The molecule has 0 aromatic carbocycles. The van der Waals surface area contributed by atoms with Crippen LogP contribution in [-0.2, 0) is 0 Å². The molecule has 0 bridgehead atoms. The molecule has 0 aromatic heterocycles. The molecule has 0 spiro atoms. The van der Waals surface area contributed by atoms with E-state index in [-0.39, 0.29) is 29.7 Å². The van der Waals surface area contributed by atoms with Crippen molar-refractivity contribution in [1.29, 1.82) is 0 Å². The van der Waals surface area contributed by atoms with Gasteiger partial charge >= 0.3 is 18.9 Å². The summed E-state index contributed by atoms with van der Waals surface area (Å²) < 4.78 is 0. The van der Waals surface area contributed by atoms with Gasteiger partial charge in [-0.1, -0.05) is 66.2 Å². The molecule has 0 aromatic rings. The van der Waals surface area contributed by atoms with Gasteiger partial charge in [0.05, 0.1) is 0 Å². The van der Waals surface area contributed by atoms with Crippen LogP contribution in [0, 0.1) is 10.8 Å². The van der Waals surface area contributed by atoms with E-state index in [1.807, 2.05) is 0 Å². The van der Waals surface area contributed by atoms with Gasteiger partial charge in [0, 0.05) is 0 Å². The molecule has 0 radical (unpaired) electrons. The minimum atomic E-state index is 0. The maximum atomic E-state index is 4.82. The average Bonchev–Trinajstić information content (AvgIpc) is 1.77. The van der Waals surface area contributed by atoms with Crippen molar-refractivity contribution in [2.24, 2.45) is 10.8 Å². The second-order valence-electron chi connectivity index (χ2n) is 6.38. The van der Waals surface area contributed by atoms with E-state index < -0.39 is 0 Å². The Kier molecular flexibility index (Phi) is 6.77. The normalized spacial score (nSPS) is 13.3.